The van der Waals surface area contributed by atoms with E-state index in [0.29, 0.717) is 49.7 Å². The molecule has 43 heavy (non-hydrogen) atoms. The van der Waals surface area contributed by atoms with E-state index in [-0.39, 0.29) is 82.7 Å². The largest absolute Gasteiger partial charge is 1.00 e. The fraction of sp³-hybridized carbons (Fsp3) is 0.765. The van der Waals surface area contributed by atoms with Gasteiger partial charge in [-0.2, -0.15) is 0 Å². The minimum absolute atomic E-state index is 0. The van der Waals surface area contributed by atoms with Crippen LogP contribution >= 0.6 is 0 Å². The van der Waals surface area contributed by atoms with Crippen LogP contribution in [0, 0.1) is 30.6 Å². The molecule has 0 aliphatic carbocycles. The summed E-state index contributed by atoms with van der Waals surface area (Å²) in [7, 11) is 0. The maximum atomic E-state index is 13.9. The number of ether oxygens (including phenoxy) is 2. The van der Waals surface area contributed by atoms with E-state index in [1.54, 1.807) is 26.0 Å². The molecular formula is C34H53NaO8. The van der Waals surface area contributed by atoms with Gasteiger partial charge in [-0.3, -0.25) is 4.79 Å². The van der Waals surface area contributed by atoms with E-state index >= 15 is 0 Å². The molecule has 1 aromatic rings. The maximum absolute atomic E-state index is 13.9. The number of carboxylic acid groups (broad SMARTS) is 1. The summed E-state index contributed by atoms with van der Waals surface area (Å²) >= 11 is 0. The summed E-state index contributed by atoms with van der Waals surface area (Å²) < 4.78 is 13.2. The molecule has 0 amide bonds. The van der Waals surface area contributed by atoms with Crippen molar-refractivity contribution in [2.75, 3.05) is 0 Å². The molecule has 4 unspecified atom stereocenters. The smallest absolute Gasteiger partial charge is 0.545 e. The van der Waals surface area contributed by atoms with Crippen LogP contribution in [0.1, 0.15) is 115 Å². The third kappa shape index (κ3) is 7.87. The minimum Gasteiger partial charge on any atom is -0.545 e. The molecule has 0 saturated carbocycles. The van der Waals surface area contributed by atoms with Crippen molar-refractivity contribution < 1.29 is 69.0 Å². The van der Waals surface area contributed by atoms with Gasteiger partial charge >= 0.3 is 29.6 Å². The summed E-state index contributed by atoms with van der Waals surface area (Å²) in [6.45, 7) is 15.4. The van der Waals surface area contributed by atoms with Crippen LogP contribution in [-0.4, -0.2) is 62.7 Å². The van der Waals surface area contributed by atoms with Crippen LogP contribution in [0.25, 0.3) is 0 Å². The Hall–Kier alpha value is -1.00. The van der Waals surface area contributed by atoms with Crippen LogP contribution in [-0.2, 0) is 20.7 Å². The van der Waals surface area contributed by atoms with Gasteiger partial charge < -0.3 is 34.7 Å². The number of Topliss-reactive ketones (excluding diaryl/α,β-unsaturated/α-hetero) is 1. The fourth-order valence-corrected chi connectivity index (χ4v) is 7.44. The predicted molar refractivity (Wildman–Crippen MR) is 159 cm³/mol. The van der Waals surface area contributed by atoms with Crippen molar-refractivity contribution in [3.63, 3.8) is 0 Å². The van der Waals surface area contributed by atoms with Crippen molar-refractivity contribution in [3.05, 3.63) is 28.8 Å². The summed E-state index contributed by atoms with van der Waals surface area (Å²) in [5, 5.41) is 44.1. The first-order chi connectivity index (χ1) is 19.7. The number of aliphatic hydroxyl groups is 2. The number of carboxylic acids is 1. The fourth-order valence-electron chi connectivity index (χ4n) is 7.44. The Balaban J connectivity index is 0.00000645. The molecule has 0 aromatic heterocycles. The molecule has 0 bridgehead atoms. The van der Waals surface area contributed by atoms with E-state index < -0.39 is 29.2 Å². The van der Waals surface area contributed by atoms with Crippen LogP contribution in [0.3, 0.4) is 0 Å². The third-order valence-electron chi connectivity index (χ3n) is 10.6. The van der Waals surface area contributed by atoms with Crippen molar-refractivity contribution in [1.82, 2.24) is 0 Å². The molecule has 0 radical (unpaired) electrons. The van der Waals surface area contributed by atoms with Crippen molar-refractivity contribution >= 4 is 11.8 Å². The molecule has 1 aromatic carbocycles. The first-order valence-corrected chi connectivity index (χ1v) is 16.0. The number of hydrogen-bond acceptors (Lipinski definition) is 8. The van der Waals surface area contributed by atoms with Crippen molar-refractivity contribution in [2.24, 2.45) is 23.7 Å². The number of rotatable bonds is 13. The topological polar surface area (TPSA) is 136 Å². The van der Waals surface area contributed by atoms with Gasteiger partial charge in [0.15, 0.2) is 0 Å². The molecular weight excluding hydrogens is 559 g/mol. The molecule has 2 heterocycles. The SMILES string of the molecule is CC[C@H](C(=O)C(C)[C@@H](O)[C@H](C)CCc1ccc(C)c(O)c1C(=O)[O-])C1OC(CC)(C2CC[C@](O)(CC)[C@H](C)O2)C[C@@H]1C.[Na+]. The van der Waals surface area contributed by atoms with Gasteiger partial charge in [-0.25, -0.2) is 0 Å². The summed E-state index contributed by atoms with van der Waals surface area (Å²) in [5.41, 5.74) is -0.659. The average molecular weight is 613 g/mol. The van der Waals surface area contributed by atoms with Crippen molar-refractivity contribution in [2.45, 2.75) is 142 Å². The minimum atomic E-state index is -1.43. The maximum Gasteiger partial charge on any atom is 1.00 e. The Morgan fingerprint density at radius 3 is 2.33 bits per heavy atom. The number of carbonyl (C=O) groups excluding carboxylic acids is 2. The molecule has 238 valence electrons. The molecule has 2 saturated heterocycles. The second kappa shape index (κ2) is 15.5. The van der Waals surface area contributed by atoms with Gasteiger partial charge in [-0.1, -0.05) is 53.7 Å². The number of benzene rings is 1. The van der Waals surface area contributed by atoms with E-state index in [0.717, 1.165) is 12.8 Å². The van der Waals surface area contributed by atoms with Crippen molar-refractivity contribution in [3.8, 4) is 5.75 Å². The number of aromatic hydroxyl groups is 1. The third-order valence-corrected chi connectivity index (χ3v) is 10.6. The molecule has 2 aliphatic heterocycles. The Bertz CT molecular complexity index is 1110. The molecule has 2 aliphatic rings. The second-order valence-electron chi connectivity index (χ2n) is 13.2. The number of hydrogen-bond donors (Lipinski definition) is 3. The normalized spacial score (nSPS) is 32.0. The predicted octanol–water partition coefficient (Wildman–Crippen LogP) is 1.51. The summed E-state index contributed by atoms with van der Waals surface area (Å²) in [6, 6.07) is 3.33. The summed E-state index contributed by atoms with van der Waals surface area (Å²) in [6.07, 6.45) is 3.21. The average Bonchev–Trinajstić information content (AvgIpc) is 3.31. The van der Waals surface area contributed by atoms with E-state index in [9.17, 15) is 30.0 Å². The van der Waals surface area contributed by atoms with Gasteiger partial charge in [0, 0.05) is 17.4 Å². The molecule has 3 rings (SSSR count). The number of carbonyl (C=O) groups is 2. The quantitative estimate of drug-likeness (QED) is 0.285. The monoisotopic (exact) mass is 612 g/mol. The number of phenols is 1. The van der Waals surface area contributed by atoms with E-state index in [4.69, 9.17) is 9.47 Å². The van der Waals surface area contributed by atoms with E-state index in [2.05, 4.69) is 13.8 Å². The Morgan fingerprint density at radius 1 is 1.14 bits per heavy atom. The first-order valence-electron chi connectivity index (χ1n) is 16.0. The Kier molecular flexibility index (Phi) is 13.8. The number of aryl methyl sites for hydroxylation is 2. The number of ketones is 1. The van der Waals surface area contributed by atoms with Crippen LogP contribution < -0.4 is 34.7 Å². The van der Waals surface area contributed by atoms with Gasteiger partial charge in [0.1, 0.15) is 11.5 Å². The van der Waals surface area contributed by atoms with Crippen molar-refractivity contribution in [1.29, 1.82) is 0 Å². The van der Waals surface area contributed by atoms with Crippen LogP contribution in [0.5, 0.6) is 5.75 Å². The standard InChI is InChI=1S/C34H54O8.Na/c1-9-25(31-21(6)18-34(11-3,42-31)26-16-17-33(40,10-2)23(8)41-26)30(37)22(7)28(35)19(4)12-14-24-15-13-20(5)29(36)27(24)32(38)39;/h13,15,19,21-23,25-26,28,31,35-36,40H,9-12,14,16-18H2,1-8H3,(H,38,39);/q;+1/p-1/t19-,21+,22?,23+,25-,26?,28+,31?,33-,34?;/m1./s1. The number of aliphatic hydroxyl groups excluding tert-OH is 1. The molecule has 10 atom stereocenters. The molecule has 2 fully saturated rings. The van der Waals surface area contributed by atoms with Gasteiger partial charge in [0.25, 0.3) is 0 Å². The first kappa shape index (κ1) is 38.2. The van der Waals surface area contributed by atoms with Gasteiger partial charge in [0.2, 0.25) is 0 Å². The Labute approximate surface area is 280 Å². The summed E-state index contributed by atoms with van der Waals surface area (Å²) in [4.78, 5) is 25.5. The van der Waals surface area contributed by atoms with Gasteiger partial charge in [0.05, 0.1) is 41.6 Å². The van der Waals surface area contributed by atoms with Crippen LogP contribution in [0.4, 0.5) is 0 Å². The van der Waals surface area contributed by atoms with Gasteiger partial charge in [-0.05, 0) is 88.2 Å². The zero-order chi connectivity index (χ0) is 31.6. The molecule has 3 N–H and O–H groups in total. The van der Waals surface area contributed by atoms with Gasteiger partial charge in [-0.15, -0.1) is 0 Å². The summed E-state index contributed by atoms with van der Waals surface area (Å²) in [5.74, 6) is -2.92. The zero-order valence-electron chi connectivity index (χ0n) is 27.8. The molecule has 9 heteroatoms. The number of aromatic carboxylic acids is 1. The van der Waals surface area contributed by atoms with E-state index in [1.807, 2.05) is 27.7 Å². The zero-order valence-corrected chi connectivity index (χ0v) is 29.8. The second-order valence-corrected chi connectivity index (χ2v) is 13.2. The van der Waals surface area contributed by atoms with E-state index in [1.165, 1.54) is 0 Å². The molecule has 8 nitrogen and oxygen atoms in total. The Morgan fingerprint density at radius 2 is 1.79 bits per heavy atom. The van der Waals surface area contributed by atoms with Crippen LogP contribution in [0.2, 0.25) is 0 Å². The van der Waals surface area contributed by atoms with Crippen LogP contribution in [0.15, 0.2) is 12.1 Å². The molecule has 0 spiro atoms.